The largest absolute Gasteiger partial charge is 0.438 e. The summed E-state index contributed by atoms with van der Waals surface area (Å²) in [5.74, 6) is -0.923. The van der Waals surface area contributed by atoms with Gasteiger partial charge in [-0.2, -0.15) is 0 Å². The number of Topliss-reactive ketones (excluding diaryl/α,β-unsaturated/α-hetero) is 1. The van der Waals surface area contributed by atoms with Gasteiger partial charge in [0.15, 0.2) is 0 Å². The lowest BCUT2D eigenvalue weighted by Crippen LogP contribution is -2.25. The van der Waals surface area contributed by atoms with Crippen molar-refractivity contribution >= 4 is 37.0 Å². The monoisotopic (exact) mass is 572 g/mol. The Labute approximate surface area is 229 Å². The van der Waals surface area contributed by atoms with Crippen molar-refractivity contribution in [2.75, 3.05) is 25.5 Å². The number of nitrogens with one attached hydrogen (secondary N) is 1. The Bertz CT molecular complexity index is 1030. The zero-order valence-electron chi connectivity index (χ0n) is 23.8. The zero-order chi connectivity index (χ0) is 29.9. The van der Waals surface area contributed by atoms with Crippen molar-refractivity contribution in [3.8, 4) is 0 Å². The summed E-state index contributed by atoms with van der Waals surface area (Å²) in [6, 6.07) is 0. The molecule has 1 rings (SSSR count). The van der Waals surface area contributed by atoms with E-state index in [2.05, 4.69) is 15.3 Å². The molecule has 0 saturated carbocycles. The lowest BCUT2D eigenvalue weighted by Gasteiger charge is -2.22. The molecule has 13 nitrogen and oxygen atoms in total. The van der Waals surface area contributed by atoms with Crippen LogP contribution in [0.5, 0.6) is 0 Å². The SMILES string of the molecule is Cc1ncc(CNC(=O)CCC(=O)CCCP(=O)(OCOC(=O)C(C)(C)C)OCOC(=O)C(C)(C)C)c(N)n1. The van der Waals surface area contributed by atoms with E-state index >= 15 is 0 Å². The first kappa shape index (κ1) is 34.1. The van der Waals surface area contributed by atoms with Gasteiger partial charge in [-0.05, 0) is 54.9 Å². The molecule has 3 N–H and O–H groups in total. The normalized spacial score (nSPS) is 12.1. The number of ether oxygens (including phenoxy) is 2. The fraction of sp³-hybridized carbons (Fsp3) is 0.680. The molecule has 0 aromatic carbocycles. The first-order valence-electron chi connectivity index (χ1n) is 12.5. The smallest absolute Gasteiger partial charge is 0.336 e. The lowest BCUT2D eigenvalue weighted by molar-refractivity contribution is -0.162. The van der Waals surface area contributed by atoms with Crippen LogP contribution >= 0.6 is 7.60 Å². The van der Waals surface area contributed by atoms with Crippen LogP contribution in [0.25, 0.3) is 0 Å². The topological polar surface area (TPSA) is 186 Å². The number of aromatic nitrogens is 2. The summed E-state index contributed by atoms with van der Waals surface area (Å²) < 4.78 is 33.6. The highest BCUT2D eigenvalue weighted by Gasteiger charge is 2.30. The van der Waals surface area contributed by atoms with Crippen molar-refractivity contribution < 1.29 is 42.3 Å². The van der Waals surface area contributed by atoms with Gasteiger partial charge in [-0.25, -0.2) is 9.97 Å². The summed E-state index contributed by atoms with van der Waals surface area (Å²) in [7, 11) is -3.89. The maximum Gasteiger partial charge on any atom is 0.336 e. The minimum absolute atomic E-state index is 0.00625. The van der Waals surface area contributed by atoms with Crippen molar-refractivity contribution in [3.05, 3.63) is 17.6 Å². The number of hydrogen-bond acceptors (Lipinski definition) is 12. The minimum Gasteiger partial charge on any atom is -0.438 e. The number of hydrogen-bond donors (Lipinski definition) is 2. The van der Waals surface area contributed by atoms with Crippen molar-refractivity contribution in [1.29, 1.82) is 0 Å². The number of nitrogen functional groups attached to an aromatic ring is 1. The van der Waals surface area contributed by atoms with Gasteiger partial charge >= 0.3 is 19.5 Å². The number of ketones is 1. The van der Waals surface area contributed by atoms with Gasteiger partial charge in [0, 0.05) is 37.6 Å². The van der Waals surface area contributed by atoms with Gasteiger partial charge in [0.2, 0.25) is 19.5 Å². The van der Waals surface area contributed by atoms with E-state index in [0.29, 0.717) is 11.4 Å². The van der Waals surface area contributed by atoms with Gasteiger partial charge in [-0.15, -0.1) is 0 Å². The zero-order valence-corrected chi connectivity index (χ0v) is 24.7. The number of carbonyl (C=O) groups is 4. The highest BCUT2D eigenvalue weighted by atomic mass is 31.2. The summed E-state index contributed by atoms with van der Waals surface area (Å²) >= 11 is 0. The van der Waals surface area contributed by atoms with Crippen LogP contribution in [0, 0.1) is 17.8 Å². The predicted octanol–water partition coefficient (Wildman–Crippen LogP) is 3.43. The molecule has 0 fully saturated rings. The van der Waals surface area contributed by atoms with Crippen LogP contribution in [0.15, 0.2) is 6.20 Å². The molecule has 0 bridgehead atoms. The minimum atomic E-state index is -3.89. The molecule has 220 valence electrons. The number of nitrogens with two attached hydrogens (primary N) is 1. The van der Waals surface area contributed by atoms with E-state index in [1.807, 2.05) is 0 Å². The number of rotatable bonds is 15. The second-order valence-corrected chi connectivity index (χ2v) is 13.1. The van der Waals surface area contributed by atoms with Gasteiger partial charge in [-0.3, -0.25) is 32.8 Å². The number of esters is 2. The first-order chi connectivity index (χ1) is 17.9. The number of anilines is 1. The van der Waals surface area contributed by atoms with Gasteiger partial charge in [-0.1, -0.05) is 0 Å². The molecule has 1 aromatic rings. The molecule has 0 atom stereocenters. The van der Waals surface area contributed by atoms with Crippen LogP contribution in [0.2, 0.25) is 0 Å². The molecule has 0 aliphatic carbocycles. The summed E-state index contributed by atoms with van der Waals surface area (Å²) in [6.07, 6.45) is 1.38. The third-order valence-corrected chi connectivity index (χ3v) is 6.98. The van der Waals surface area contributed by atoms with Crippen LogP contribution in [-0.4, -0.2) is 53.3 Å². The Morgan fingerprint density at radius 2 is 1.46 bits per heavy atom. The molecule has 39 heavy (non-hydrogen) atoms. The molecular weight excluding hydrogens is 531 g/mol. The Balaban J connectivity index is 2.54. The Morgan fingerprint density at radius 1 is 0.923 bits per heavy atom. The third-order valence-electron chi connectivity index (χ3n) is 5.12. The van der Waals surface area contributed by atoms with Crippen LogP contribution in [0.4, 0.5) is 5.82 Å². The molecule has 0 aliphatic rings. The molecule has 14 heteroatoms. The fourth-order valence-electron chi connectivity index (χ4n) is 2.70. The van der Waals surface area contributed by atoms with E-state index in [9.17, 15) is 23.7 Å². The Hall–Kier alpha value is -2.89. The van der Waals surface area contributed by atoms with E-state index in [0.717, 1.165) is 0 Å². The average molecular weight is 573 g/mol. The molecule has 0 radical (unpaired) electrons. The second kappa shape index (κ2) is 15.0. The molecule has 1 amide bonds. The highest BCUT2D eigenvalue weighted by Crippen LogP contribution is 2.49. The summed E-state index contributed by atoms with van der Waals surface area (Å²) in [5, 5.41) is 2.66. The van der Waals surface area contributed by atoms with Crippen LogP contribution in [0.3, 0.4) is 0 Å². The van der Waals surface area contributed by atoms with E-state index in [1.165, 1.54) is 6.20 Å². The Morgan fingerprint density at radius 3 is 1.95 bits per heavy atom. The average Bonchev–Trinajstić information content (AvgIpc) is 2.80. The molecule has 0 unspecified atom stereocenters. The standard InChI is InChI=1S/C25H41N4O9P/c1-17-27-13-18(21(26)29-17)14-28-20(31)11-10-19(30)9-8-12-39(34,37-15-35-22(32)24(2,3)4)38-16-36-23(33)25(5,6)7/h13H,8-12,14-16H2,1-7H3,(H,28,31)(H2,26,27,29). The number of aryl methyl sites for hydroxylation is 1. The molecule has 1 aromatic heterocycles. The van der Waals surface area contributed by atoms with Crippen molar-refractivity contribution in [3.63, 3.8) is 0 Å². The van der Waals surface area contributed by atoms with E-state index < -0.39 is 44.0 Å². The van der Waals surface area contributed by atoms with Crippen molar-refractivity contribution in [1.82, 2.24) is 15.3 Å². The quantitative estimate of drug-likeness (QED) is 0.177. The number of nitrogens with zero attached hydrogens (tertiary/aromatic N) is 2. The van der Waals surface area contributed by atoms with E-state index in [-0.39, 0.29) is 55.9 Å². The van der Waals surface area contributed by atoms with Gasteiger partial charge in [0.05, 0.1) is 17.0 Å². The van der Waals surface area contributed by atoms with Gasteiger partial charge < -0.3 is 20.5 Å². The molecular formula is C25H41N4O9P. The maximum absolute atomic E-state index is 13.2. The number of amides is 1. The molecule has 0 saturated heterocycles. The lowest BCUT2D eigenvalue weighted by atomic mass is 9.98. The molecule has 0 aliphatic heterocycles. The van der Waals surface area contributed by atoms with E-state index in [1.54, 1.807) is 48.5 Å². The summed E-state index contributed by atoms with van der Waals surface area (Å²) in [6.45, 7) is 10.5. The second-order valence-electron chi connectivity index (χ2n) is 10.9. The predicted molar refractivity (Wildman–Crippen MR) is 142 cm³/mol. The van der Waals surface area contributed by atoms with Crippen LogP contribution in [0.1, 0.15) is 78.6 Å². The van der Waals surface area contributed by atoms with Crippen molar-refractivity contribution in [2.45, 2.75) is 80.7 Å². The van der Waals surface area contributed by atoms with Gasteiger partial charge in [0.1, 0.15) is 17.4 Å². The van der Waals surface area contributed by atoms with E-state index in [4.69, 9.17) is 24.3 Å². The Kier molecular flexibility index (Phi) is 13.2. The van der Waals surface area contributed by atoms with Gasteiger partial charge in [0.25, 0.3) is 0 Å². The van der Waals surface area contributed by atoms with Crippen LogP contribution in [-0.2, 0) is 48.8 Å². The van der Waals surface area contributed by atoms with Crippen molar-refractivity contribution in [2.24, 2.45) is 10.8 Å². The molecule has 1 heterocycles. The first-order valence-corrected chi connectivity index (χ1v) is 14.2. The summed E-state index contributed by atoms with van der Waals surface area (Å²) in [5.41, 5.74) is 4.77. The summed E-state index contributed by atoms with van der Waals surface area (Å²) in [4.78, 5) is 56.4. The molecule has 0 spiro atoms. The third kappa shape index (κ3) is 13.6. The van der Waals surface area contributed by atoms with Crippen LogP contribution < -0.4 is 11.1 Å². The highest BCUT2D eigenvalue weighted by molar-refractivity contribution is 7.53. The fourth-order valence-corrected chi connectivity index (χ4v) is 4.00. The number of carbonyl (C=O) groups excluding carboxylic acids is 4. The maximum atomic E-state index is 13.2.